The zero-order chi connectivity index (χ0) is 28.7. The van der Waals surface area contributed by atoms with Crippen molar-refractivity contribution in [2.24, 2.45) is 0 Å². The molecule has 1 N–H and O–H groups in total. The summed E-state index contributed by atoms with van der Waals surface area (Å²) in [6.45, 7) is 7.22. The molecule has 0 unspecified atom stereocenters. The lowest BCUT2D eigenvalue weighted by atomic mass is 10.1. The number of alkyl halides is 2. The highest BCUT2D eigenvalue weighted by Crippen LogP contribution is 2.37. The number of amides is 1. The summed E-state index contributed by atoms with van der Waals surface area (Å²) in [5, 5.41) is 8.56. The molecule has 0 spiro atoms. The van der Waals surface area contributed by atoms with Crippen molar-refractivity contribution in [2.45, 2.75) is 25.3 Å². The number of likely N-dealkylation sites (tertiary alicyclic amines) is 1. The average molecular weight is 565 g/mol. The number of ether oxygens (including phenoxy) is 2. The van der Waals surface area contributed by atoms with Crippen molar-refractivity contribution in [3.63, 3.8) is 0 Å². The molecule has 0 aliphatic carbocycles. The topological polar surface area (TPSA) is 113 Å². The van der Waals surface area contributed by atoms with Crippen LogP contribution in [0.25, 0.3) is 21.8 Å². The largest absolute Gasteiger partial charge is 0.462 e. The Morgan fingerprint density at radius 3 is 2.73 bits per heavy atom. The number of H-pyrrole nitrogens is 1. The molecular formula is C28H30F2N8O3. The number of rotatable bonds is 7. The highest BCUT2D eigenvalue weighted by atomic mass is 19.3. The maximum Gasteiger partial charge on any atom is 0.319 e. The Hall–Kier alpha value is -4.39. The zero-order valence-corrected chi connectivity index (χ0v) is 22.8. The van der Waals surface area contributed by atoms with Crippen LogP contribution in [-0.2, 0) is 4.79 Å². The number of aromatic nitrogens is 5. The van der Waals surface area contributed by atoms with Crippen molar-refractivity contribution >= 4 is 33.5 Å². The third-order valence-electron chi connectivity index (χ3n) is 7.62. The smallest absolute Gasteiger partial charge is 0.319 e. The van der Waals surface area contributed by atoms with Gasteiger partial charge in [-0.15, -0.1) is 0 Å². The van der Waals surface area contributed by atoms with Crippen LogP contribution in [0.3, 0.4) is 0 Å². The Labute approximate surface area is 234 Å². The number of aromatic amines is 1. The first kappa shape index (κ1) is 26.8. The molecule has 214 valence electrons. The summed E-state index contributed by atoms with van der Waals surface area (Å²) in [4.78, 5) is 31.3. The molecule has 13 heteroatoms. The van der Waals surface area contributed by atoms with E-state index in [1.807, 2.05) is 24.0 Å². The first-order valence-electron chi connectivity index (χ1n) is 13.4. The van der Waals surface area contributed by atoms with Crippen molar-refractivity contribution in [1.29, 1.82) is 0 Å². The maximum atomic E-state index is 14.0. The first-order valence-corrected chi connectivity index (χ1v) is 13.4. The van der Waals surface area contributed by atoms with Gasteiger partial charge in [-0.05, 0) is 37.7 Å². The van der Waals surface area contributed by atoms with Crippen molar-refractivity contribution in [1.82, 2.24) is 34.9 Å². The fourth-order valence-electron chi connectivity index (χ4n) is 5.39. The van der Waals surface area contributed by atoms with Gasteiger partial charge in [-0.2, -0.15) is 15.1 Å². The van der Waals surface area contributed by atoms with Crippen LogP contribution in [0, 0.1) is 6.92 Å². The molecule has 1 amide bonds. The molecule has 1 atom stereocenters. The standard InChI is InChI=1S/C28H30F2N8O3/c1-4-22(39)37-9-11-38(12-10-37)25-19-7-8-31-26(41-24-17(2)5-6-21-20(24)14-32-35-21)23(19)33-27(34-25)40-15-18-13-28(29,30)16-36(18)3/h4-8,14,18H,1,9-13,15-16H2,2-3H3,(H,32,35)/t18-/m0/s1. The number of hydrogen-bond donors (Lipinski definition) is 1. The maximum absolute atomic E-state index is 14.0. The Kier molecular flexibility index (Phi) is 6.89. The number of fused-ring (bicyclic) bond motifs is 2. The molecule has 41 heavy (non-hydrogen) atoms. The van der Waals surface area contributed by atoms with Crippen molar-refractivity contribution in [3.8, 4) is 17.6 Å². The third kappa shape index (κ3) is 5.24. The minimum Gasteiger partial charge on any atom is -0.462 e. The summed E-state index contributed by atoms with van der Waals surface area (Å²) in [6.07, 6.45) is 4.33. The van der Waals surface area contributed by atoms with E-state index in [2.05, 4.69) is 26.7 Å². The minimum absolute atomic E-state index is 0.00252. The Morgan fingerprint density at radius 1 is 1.20 bits per heavy atom. The number of pyridine rings is 1. The predicted molar refractivity (Wildman–Crippen MR) is 149 cm³/mol. The summed E-state index contributed by atoms with van der Waals surface area (Å²) in [7, 11) is 1.65. The molecule has 2 aliphatic rings. The average Bonchev–Trinajstić information content (AvgIpc) is 3.55. The second kappa shape index (κ2) is 10.5. The van der Waals surface area contributed by atoms with Gasteiger partial charge in [-0.1, -0.05) is 12.6 Å². The molecule has 0 saturated carbocycles. The van der Waals surface area contributed by atoms with Crippen LogP contribution < -0.4 is 14.4 Å². The second-order valence-electron chi connectivity index (χ2n) is 10.4. The van der Waals surface area contributed by atoms with Crippen LogP contribution in [0.2, 0.25) is 0 Å². The number of nitrogens with zero attached hydrogens (tertiary/aromatic N) is 7. The first-order chi connectivity index (χ1) is 19.7. The monoisotopic (exact) mass is 564 g/mol. The van der Waals surface area contributed by atoms with Gasteiger partial charge in [0.25, 0.3) is 5.92 Å². The van der Waals surface area contributed by atoms with Gasteiger partial charge in [0.2, 0.25) is 11.8 Å². The number of halogens is 2. The number of carbonyl (C=O) groups is 1. The van der Waals surface area contributed by atoms with Gasteiger partial charge in [0.05, 0.1) is 29.0 Å². The molecule has 2 aliphatic heterocycles. The molecule has 3 aromatic heterocycles. The summed E-state index contributed by atoms with van der Waals surface area (Å²) in [6, 6.07) is 5.21. The van der Waals surface area contributed by atoms with Gasteiger partial charge in [-0.25, -0.2) is 13.8 Å². The van der Waals surface area contributed by atoms with Crippen LogP contribution in [-0.4, -0.2) is 99.2 Å². The quantitative estimate of drug-likeness (QED) is 0.337. The number of nitrogens with one attached hydrogen (secondary N) is 1. The molecular weight excluding hydrogens is 534 g/mol. The van der Waals surface area contributed by atoms with Gasteiger partial charge in [-0.3, -0.25) is 14.8 Å². The number of aryl methyl sites for hydroxylation is 1. The highest BCUT2D eigenvalue weighted by Gasteiger charge is 2.43. The van der Waals surface area contributed by atoms with E-state index in [1.165, 1.54) is 6.08 Å². The lowest BCUT2D eigenvalue weighted by Crippen LogP contribution is -2.48. The van der Waals surface area contributed by atoms with Gasteiger partial charge < -0.3 is 19.3 Å². The van der Waals surface area contributed by atoms with E-state index < -0.39 is 12.0 Å². The van der Waals surface area contributed by atoms with E-state index in [9.17, 15) is 13.6 Å². The summed E-state index contributed by atoms with van der Waals surface area (Å²) in [5.41, 5.74) is 2.12. The van der Waals surface area contributed by atoms with E-state index in [4.69, 9.17) is 14.5 Å². The van der Waals surface area contributed by atoms with Gasteiger partial charge in [0.15, 0.2) is 0 Å². The predicted octanol–water partition coefficient (Wildman–Crippen LogP) is 3.55. The SMILES string of the molecule is C=CC(=O)N1CCN(c2nc(OC[C@@H]3CC(F)(F)CN3C)nc3c(Oc4c(C)ccc5[nH]ncc45)nccc23)CC1. The Morgan fingerprint density at radius 2 is 2.00 bits per heavy atom. The lowest BCUT2D eigenvalue weighted by Gasteiger charge is -2.35. The van der Waals surface area contributed by atoms with Crippen molar-refractivity contribution < 1.29 is 23.0 Å². The fraction of sp³-hybridized carbons (Fsp3) is 0.393. The zero-order valence-electron chi connectivity index (χ0n) is 22.8. The van der Waals surface area contributed by atoms with E-state index in [0.29, 0.717) is 48.6 Å². The van der Waals surface area contributed by atoms with Gasteiger partial charge >= 0.3 is 6.01 Å². The molecule has 5 heterocycles. The number of piperazine rings is 1. The lowest BCUT2D eigenvalue weighted by molar-refractivity contribution is -0.126. The minimum atomic E-state index is -2.77. The number of benzene rings is 1. The van der Waals surface area contributed by atoms with E-state index >= 15 is 0 Å². The molecule has 4 aromatic rings. The summed E-state index contributed by atoms with van der Waals surface area (Å²) in [5.74, 6) is -1.46. The summed E-state index contributed by atoms with van der Waals surface area (Å²) < 4.78 is 40.3. The normalized spacial score (nSPS) is 19.2. The summed E-state index contributed by atoms with van der Waals surface area (Å²) >= 11 is 0. The van der Waals surface area contributed by atoms with Crippen LogP contribution in [0.15, 0.2) is 43.2 Å². The van der Waals surface area contributed by atoms with Crippen LogP contribution >= 0.6 is 0 Å². The molecule has 11 nitrogen and oxygen atoms in total. The Bertz CT molecular complexity index is 1620. The van der Waals surface area contributed by atoms with Gasteiger partial charge in [0, 0.05) is 44.8 Å². The van der Waals surface area contributed by atoms with Crippen molar-refractivity contribution in [2.75, 3.05) is 51.3 Å². The van der Waals surface area contributed by atoms with E-state index in [-0.39, 0.29) is 37.4 Å². The third-order valence-corrected chi connectivity index (χ3v) is 7.62. The fourth-order valence-corrected chi connectivity index (χ4v) is 5.39. The Balaban J connectivity index is 1.37. The molecule has 1 aromatic carbocycles. The molecule has 2 saturated heterocycles. The number of carbonyl (C=O) groups excluding carboxylic acids is 1. The molecule has 2 fully saturated rings. The van der Waals surface area contributed by atoms with Gasteiger partial charge in [0.1, 0.15) is 23.7 Å². The number of hydrogen-bond acceptors (Lipinski definition) is 9. The number of anilines is 1. The van der Waals surface area contributed by atoms with Crippen LogP contribution in [0.5, 0.6) is 17.6 Å². The van der Waals surface area contributed by atoms with Crippen LogP contribution in [0.4, 0.5) is 14.6 Å². The van der Waals surface area contributed by atoms with E-state index in [0.717, 1.165) is 16.5 Å². The highest BCUT2D eigenvalue weighted by molar-refractivity contribution is 5.94. The van der Waals surface area contributed by atoms with E-state index in [1.54, 1.807) is 35.3 Å². The molecule has 0 radical (unpaired) electrons. The number of likely N-dealkylation sites (N-methyl/N-ethyl adjacent to an activating group) is 1. The second-order valence-corrected chi connectivity index (χ2v) is 10.4. The molecule has 6 rings (SSSR count). The molecule has 0 bridgehead atoms. The van der Waals surface area contributed by atoms with Crippen LogP contribution in [0.1, 0.15) is 12.0 Å². The van der Waals surface area contributed by atoms with Crippen molar-refractivity contribution in [3.05, 3.63) is 48.8 Å².